The zero-order chi connectivity index (χ0) is 22.2. The Morgan fingerprint density at radius 3 is 2.38 bits per heavy atom. The van der Waals surface area contributed by atoms with Crippen LogP contribution in [0.3, 0.4) is 0 Å². The predicted octanol–water partition coefficient (Wildman–Crippen LogP) is 5.62. The molecule has 3 aromatic rings. The minimum Gasteiger partial charge on any atom is -0.491 e. The molecule has 1 atom stereocenters. The lowest BCUT2D eigenvalue weighted by atomic mass is 9.98. The van der Waals surface area contributed by atoms with Gasteiger partial charge >= 0.3 is 0 Å². The van der Waals surface area contributed by atoms with Crippen LogP contribution in [0.25, 0.3) is 0 Å². The first-order valence-electron chi connectivity index (χ1n) is 11.7. The summed E-state index contributed by atoms with van der Waals surface area (Å²) in [6, 6.07) is 26.9. The summed E-state index contributed by atoms with van der Waals surface area (Å²) in [4.78, 5) is 2.52. The van der Waals surface area contributed by atoms with Crippen molar-refractivity contribution in [3.63, 3.8) is 0 Å². The normalized spacial score (nSPS) is 16.0. The quantitative estimate of drug-likeness (QED) is 0.354. The van der Waals surface area contributed by atoms with Crippen LogP contribution >= 0.6 is 0 Å². The molecule has 3 aromatic carbocycles. The number of hydrogen-bond acceptors (Lipinski definition) is 4. The molecule has 1 unspecified atom stereocenters. The first-order chi connectivity index (χ1) is 15.7. The number of para-hydroxylation sites is 2. The molecule has 4 heteroatoms. The van der Waals surface area contributed by atoms with Gasteiger partial charge in [-0.3, -0.25) is 0 Å². The Hall–Kier alpha value is -2.82. The predicted molar refractivity (Wildman–Crippen MR) is 131 cm³/mol. The molecule has 0 saturated carbocycles. The van der Waals surface area contributed by atoms with Crippen molar-refractivity contribution in [3.8, 4) is 5.75 Å². The van der Waals surface area contributed by atoms with Gasteiger partial charge in [-0.1, -0.05) is 72.3 Å². The highest BCUT2D eigenvalue weighted by Crippen LogP contribution is 2.30. The van der Waals surface area contributed by atoms with Crippen molar-refractivity contribution in [1.29, 1.82) is 0 Å². The summed E-state index contributed by atoms with van der Waals surface area (Å²) in [6.45, 7) is 5.99. The molecule has 0 radical (unpaired) electrons. The largest absolute Gasteiger partial charge is 0.491 e. The van der Waals surface area contributed by atoms with Crippen molar-refractivity contribution >= 4 is 5.69 Å². The zero-order valence-electron chi connectivity index (χ0n) is 19.0. The van der Waals surface area contributed by atoms with Crippen LogP contribution in [0.2, 0.25) is 0 Å². The van der Waals surface area contributed by atoms with Crippen molar-refractivity contribution in [2.24, 2.45) is 0 Å². The molecule has 1 fully saturated rings. The standard InChI is InChI=1S/C28H34N2O2/c1-22-9-7-12-24(21-22)28(23-10-3-2-4-11-23)32-25-15-18-30(19-16-25)17-8-20-31-27-14-6-5-13-26(27)29/h2-7,9-14,21,25,28H,8,15-20,29H2,1H3. The number of nitrogens with zero attached hydrogens (tertiary/aromatic N) is 1. The van der Waals surface area contributed by atoms with Gasteiger partial charge in [-0.05, 0) is 49.4 Å². The number of nitrogens with two attached hydrogens (primary N) is 1. The van der Waals surface area contributed by atoms with Gasteiger partial charge in [0.15, 0.2) is 0 Å². The third-order valence-electron chi connectivity index (χ3n) is 6.11. The Morgan fingerprint density at radius 2 is 1.62 bits per heavy atom. The Balaban J connectivity index is 1.27. The number of nitrogen functional groups attached to an aromatic ring is 1. The van der Waals surface area contributed by atoms with Crippen LogP contribution in [0.1, 0.15) is 42.1 Å². The molecule has 32 heavy (non-hydrogen) atoms. The SMILES string of the molecule is Cc1cccc(C(OC2CCN(CCCOc3ccccc3N)CC2)c2ccccc2)c1. The first kappa shape index (κ1) is 22.4. The summed E-state index contributed by atoms with van der Waals surface area (Å²) in [5.74, 6) is 0.780. The van der Waals surface area contributed by atoms with E-state index in [0.717, 1.165) is 44.6 Å². The molecule has 0 spiro atoms. The van der Waals surface area contributed by atoms with Gasteiger partial charge in [0.25, 0.3) is 0 Å². The fourth-order valence-corrected chi connectivity index (χ4v) is 4.35. The fraction of sp³-hybridized carbons (Fsp3) is 0.357. The molecular weight excluding hydrogens is 396 g/mol. The molecule has 0 amide bonds. The third kappa shape index (κ3) is 6.12. The molecule has 2 N–H and O–H groups in total. The Labute approximate surface area is 192 Å². The molecule has 1 aliphatic heterocycles. The molecular formula is C28H34N2O2. The molecule has 4 rings (SSSR count). The summed E-state index contributed by atoms with van der Waals surface area (Å²) < 4.78 is 12.5. The average Bonchev–Trinajstić information content (AvgIpc) is 2.83. The number of likely N-dealkylation sites (tertiary alicyclic amines) is 1. The van der Waals surface area contributed by atoms with Crippen molar-refractivity contribution < 1.29 is 9.47 Å². The van der Waals surface area contributed by atoms with Gasteiger partial charge in [0, 0.05) is 19.6 Å². The summed E-state index contributed by atoms with van der Waals surface area (Å²) in [7, 11) is 0. The van der Waals surface area contributed by atoms with Gasteiger partial charge in [-0.15, -0.1) is 0 Å². The van der Waals surface area contributed by atoms with E-state index in [9.17, 15) is 0 Å². The minimum absolute atomic E-state index is 0.0163. The second kappa shape index (κ2) is 11.2. The lowest BCUT2D eigenvalue weighted by molar-refractivity contribution is -0.0273. The van der Waals surface area contributed by atoms with Crippen molar-refractivity contribution in [3.05, 3.63) is 95.6 Å². The van der Waals surface area contributed by atoms with Gasteiger partial charge in [-0.25, -0.2) is 0 Å². The molecule has 0 aliphatic carbocycles. The van der Waals surface area contributed by atoms with E-state index in [4.69, 9.17) is 15.2 Å². The first-order valence-corrected chi connectivity index (χ1v) is 11.7. The smallest absolute Gasteiger partial charge is 0.142 e. The maximum absolute atomic E-state index is 6.70. The third-order valence-corrected chi connectivity index (χ3v) is 6.11. The van der Waals surface area contributed by atoms with Crippen LogP contribution in [-0.2, 0) is 4.74 Å². The number of aryl methyl sites for hydroxylation is 1. The van der Waals surface area contributed by atoms with E-state index in [1.54, 1.807) is 0 Å². The molecule has 1 saturated heterocycles. The molecule has 1 heterocycles. The second-order valence-corrected chi connectivity index (χ2v) is 8.62. The summed E-state index contributed by atoms with van der Waals surface area (Å²) in [5.41, 5.74) is 10.4. The maximum Gasteiger partial charge on any atom is 0.142 e. The summed E-state index contributed by atoms with van der Waals surface area (Å²) in [5, 5.41) is 0. The molecule has 4 nitrogen and oxygen atoms in total. The number of benzene rings is 3. The van der Waals surface area contributed by atoms with E-state index in [2.05, 4.69) is 66.4 Å². The van der Waals surface area contributed by atoms with Crippen molar-refractivity contribution in [2.75, 3.05) is 32.0 Å². The lowest BCUT2D eigenvalue weighted by Crippen LogP contribution is -2.38. The average molecular weight is 431 g/mol. The molecule has 0 bridgehead atoms. The maximum atomic E-state index is 6.70. The lowest BCUT2D eigenvalue weighted by Gasteiger charge is -2.34. The van der Waals surface area contributed by atoms with Gasteiger partial charge in [0.05, 0.1) is 18.4 Å². The van der Waals surface area contributed by atoms with E-state index in [1.165, 1.54) is 16.7 Å². The minimum atomic E-state index is -0.0163. The van der Waals surface area contributed by atoms with Gasteiger partial charge in [0.2, 0.25) is 0 Å². The van der Waals surface area contributed by atoms with Crippen molar-refractivity contribution in [1.82, 2.24) is 4.90 Å². The van der Waals surface area contributed by atoms with E-state index in [1.807, 2.05) is 24.3 Å². The highest BCUT2D eigenvalue weighted by Gasteiger charge is 2.24. The Morgan fingerprint density at radius 1 is 0.906 bits per heavy atom. The summed E-state index contributed by atoms with van der Waals surface area (Å²) in [6.07, 6.45) is 3.37. The van der Waals surface area contributed by atoms with Crippen LogP contribution < -0.4 is 10.5 Å². The molecule has 168 valence electrons. The number of ether oxygens (including phenoxy) is 2. The number of hydrogen-bond donors (Lipinski definition) is 1. The number of anilines is 1. The van der Waals surface area contributed by atoms with E-state index >= 15 is 0 Å². The fourth-order valence-electron chi connectivity index (χ4n) is 4.35. The van der Waals surface area contributed by atoms with Gasteiger partial charge in [0.1, 0.15) is 11.9 Å². The van der Waals surface area contributed by atoms with Crippen molar-refractivity contribution in [2.45, 2.75) is 38.4 Å². The number of piperidine rings is 1. The molecule has 0 aromatic heterocycles. The van der Waals surface area contributed by atoms with Crippen LogP contribution in [0, 0.1) is 6.92 Å². The monoisotopic (exact) mass is 430 g/mol. The van der Waals surface area contributed by atoms with Gasteiger partial charge in [-0.2, -0.15) is 0 Å². The van der Waals surface area contributed by atoms with Crippen LogP contribution in [0.15, 0.2) is 78.9 Å². The van der Waals surface area contributed by atoms with E-state index < -0.39 is 0 Å². The van der Waals surface area contributed by atoms with Crippen LogP contribution in [0.4, 0.5) is 5.69 Å². The zero-order valence-corrected chi connectivity index (χ0v) is 19.0. The topological polar surface area (TPSA) is 47.7 Å². The second-order valence-electron chi connectivity index (χ2n) is 8.62. The van der Waals surface area contributed by atoms with Gasteiger partial charge < -0.3 is 20.1 Å². The van der Waals surface area contributed by atoms with E-state index in [-0.39, 0.29) is 12.2 Å². The van der Waals surface area contributed by atoms with Crippen LogP contribution in [-0.4, -0.2) is 37.2 Å². The van der Waals surface area contributed by atoms with E-state index in [0.29, 0.717) is 12.3 Å². The Bertz CT molecular complexity index is 968. The summed E-state index contributed by atoms with van der Waals surface area (Å²) >= 11 is 0. The molecule has 1 aliphatic rings. The highest BCUT2D eigenvalue weighted by atomic mass is 16.5. The van der Waals surface area contributed by atoms with Crippen LogP contribution in [0.5, 0.6) is 5.75 Å². The Kier molecular flexibility index (Phi) is 7.81. The highest BCUT2D eigenvalue weighted by molar-refractivity contribution is 5.51. The number of rotatable bonds is 9.